The maximum atomic E-state index is 12.2. The molecular formula is C37H62BrN11O4S2. The van der Waals surface area contributed by atoms with Crippen LogP contribution >= 0.6 is 15.9 Å². The fourth-order valence-corrected chi connectivity index (χ4v) is 7.95. The first kappa shape index (κ1) is 47.8. The first-order valence-electron chi connectivity index (χ1n) is 18.5. The lowest BCUT2D eigenvalue weighted by Gasteiger charge is -2.25. The molecule has 15 nitrogen and oxygen atoms in total. The molecule has 0 aliphatic heterocycles. The van der Waals surface area contributed by atoms with Gasteiger partial charge in [-0.25, -0.2) is 26.3 Å². The summed E-state index contributed by atoms with van der Waals surface area (Å²) in [6.45, 7) is 4.88. The largest absolute Gasteiger partial charge is 0.382 e. The van der Waals surface area contributed by atoms with Crippen molar-refractivity contribution in [3.8, 4) is 22.8 Å². The van der Waals surface area contributed by atoms with Crippen molar-refractivity contribution >= 4 is 41.7 Å². The second-order valence-corrected chi connectivity index (χ2v) is 17.8. The molecule has 2 aliphatic carbocycles. The third-order valence-corrected chi connectivity index (χ3v) is 12.9. The van der Waals surface area contributed by atoms with Gasteiger partial charge in [0.15, 0.2) is 0 Å². The highest BCUT2D eigenvalue weighted by Gasteiger charge is 2.22. The summed E-state index contributed by atoms with van der Waals surface area (Å²) in [5.74, 6) is 1.51. The Morgan fingerprint density at radius 1 is 0.782 bits per heavy atom. The van der Waals surface area contributed by atoms with Crippen molar-refractivity contribution in [2.45, 2.75) is 135 Å². The van der Waals surface area contributed by atoms with Crippen LogP contribution in [0, 0.1) is 5.92 Å². The van der Waals surface area contributed by atoms with Crippen molar-refractivity contribution in [2.75, 3.05) is 24.7 Å². The van der Waals surface area contributed by atoms with Gasteiger partial charge in [0, 0.05) is 28.2 Å². The predicted molar refractivity (Wildman–Crippen MR) is 224 cm³/mol. The number of benzene rings is 2. The van der Waals surface area contributed by atoms with E-state index in [1.165, 1.54) is 71.9 Å². The molecule has 2 fully saturated rings. The van der Waals surface area contributed by atoms with Crippen LogP contribution in [0.5, 0.6) is 0 Å². The molecule has 2 aromatic heterocycles. The number of nitrogens with zero attached hydrogens (tertiary/aromatic N) is 7. The Morgan fingerprint density at radius 3 is 1.91 bits per heavy atom. The number of aryl methyl sites for hydroxylation is 1. The number of H-pyrrole nitrogens is 1. The van der Waals surface area contributed by atoms with Crippen molar-refractivity contribution < 1.29 is 16.8 Å². The number of aromatic nitrogens is 8. The van der Waals surface area contributed by atoms with Crippen LogP contribution in [-0.4, -0.2) is 83.1 Å². The number of alkyl halides is 1. The van der Waals surface area contributed by atoms with E-state index in [0.29, 0.717) is 35.7 Å². The molecule has 55 heavy (non-hydrogen) atoms. The van der Waals surface area contributed by atoms with Crippen LogP contribution < -0.4 is 14.8 Å². The van der Waals surface area contributed by atoms with Crippen molar-refractivity contribution in [2.24, 2.45) is 5.92 Å². The molecule has 0 radical (unpaired) electrons. The minimum atomic E-state index is -3.53. The van der Waals surface area contributed by atoms with Crippen LogP contribution in [-0.2, 0) is 33.0 Å². The summed E-state index contributed by atoms with van der Waals surface area (Å²) in [4.78, 5) is 1.97. The molecular weight excluding hydrogens is 807 g/mol. The fraction of sp³-hybridized carbons (Fsp3) is 0.622. The van der Waals surface area contributed by atoms with Crippen LogP contribution in [0.15, 0.2) is 46.2 Å². The lowest BCUT2D eigenvalue weighted by Crippen LogP contribution is -2.23. The van der Waals surface area contributed by atoms with Crippen LogP contribution in [0.25, 0.3) is 22.8 Å². The van der Waals surface area contributed by atoms with Gasteiger partial charge in [-0.15, -0.1) is 20.4 Å². The number of rotatable bonds is 13. The second kappa shape index (κ2) is 23.7. The molecule has 0 unspecified atom stereocenters. The molecule has 2 heterocycles. The van der Waals surface area contributed by atoms with Crippen LogP contribution in [0.3, 0.4) is 0 Å². The number of tetrazole rings is 2. The highest BCUT2D eigenvalue weighted by atomic mass is 79.9. The van der Waals surface area contributed by atoms with Crippen LogP contribution in [0.2, 0.25) is 0 Å². The van der Waals surface area contributed by atoms with E-state index in [4.69, 9.17) is 0 Å². The van der Waals surface area contributed by atoms with E-state index < -0.39 is 20.0 Å². The fourth-order valence-electron chi connectivity index (χ4n) is 6.44. The number of hydrogen-bond acceptors (Lipinski definition) is 11. The summed E-state index contributed by atoms with van der Waals surface area (Å²) in [5.41, 5.74) is 3.33. The molecule has 0 atom stereocenters. The first-order valence-corrected chi connectivity index (χ1v) is 22.6. The first-order chi connectivity index (χ1) is 25.5. The number of nitrogens with one attached hydrogen (secondary N) is 4. The summed E-state index contributed by atoms with van der Waals surface area (Å²) < 4.78 is 53.2. The average Bonchev–Trinajstić information content (AvgIpc) is 3.90. The van der Waals surface area contributed by atoms with Crippen molar-refractivity contribution in [3.63, 3.8) is 0 Å². The number of hydrogen-bond donors (Lipinski definition) is 4. The highest BCUT2D eigenvalue weighted by molar-refractivity contribution is 9.09. The molecule has 2 saturated carbocycles. The summed E-state index contributed by atoms with van der Waals surface area (Å²) in [5, 5.41) is 31.3. The van der Waals surface area contributed by atoms with Gasteiger partial charge >= 0.3 is 0 Å². The monoisotopic (exact) mass is 867 g/mol. The van der Waals surface area contributed by atoms with Crippen molar-refractivity contribution in [3.05, 3.63) is 42.0 Å². The summed E-state index contributed by atoms with van der Waals surface area (Å²) in [6.07, 6.45) is 15.3. The average molecular weight is 869 g/mol. The summed E-state index contributed by atoms with van der Waals surface area (Å²) in [6, 6.07) is 10.6. The maximum absolute atomic E-state index is 12.2. The highest BCUT2D eigenvalue weighted by Crippen LogP contribution is 2.32. The Kier molecular flexibility index (Phi) is 20.6. The molecule has 308 valence electrons. The quantitative estimate of drug-likeness (QED) is 0.0978. The van der Waals surface area contributed by atoms with Gasteiger partial charge < -0.3 is 5.32 Å². The normalized spacial score (nSPS) is 15.0. The maximum Gasteiger partial charge on any atom is 0.240 e. The van der Waals surface area contributed by atoms with Crippen LogP contribution in [0.4, 0.5) is 5.69 Å². The van der Waals surface area contributed by atoms with Gasteiger partial charge in [0.05, 0.1) is 16.3 Å². The van der Waals surface area contributed by atoms with E-state index in [-0.39, 0.29) is 24.6 Å². The zero-order valence-electron chi connectivity index (χ0n) is 31.2. The molecule has 18 heteroatoms. The lowest BCUT2D eigenvalue weighted by atomic mass is 9.84. The lowest BCUT2D eigenvalue weighted by molar-refractivity contribution is 0.357. The third kappa shape index (κ3) is 14.0. The zero-order valence-corrected chi connectivity index (χ0v) is 34.4. The number of aromatic amines is 1. The van der Waals surface area contributed by atoms with E-state index in [2.05, 4.69) is 80.6 Å². The van der Waals surface area contributed by atoms with E-state index in [9.17, 15) is 16.8 Å². The smallest absolute Gasteiger partial charge is 0.240 e. The van der Waals surface area contributed by atoms with Gasteiger partial charge in [0.2, 0.25) is 31.7 Å². The molecule has 6 rings (SSSR count). The minimum absolute atomic E-state index is 0. The molecule has 0 spiro atoms. The van der Waals surface area contributed by atoms with Gasteiger partial charge in [-0.1, -0.05) is 102 Å². The topological polar surface area (TPSA) is 202 Å². The van der Waals surface area contributed by atoms with E-state index in [1.54, 1.807) is 35.1 Å². The Balaban J connectivity index is 0.000000337. The van der Waals surface area contributed by atoms with E-state index >= 15 is 0 Å². The minimum Gasteiger partial charge on any atom is -0.382 e. The summed E-state index contributed by atoms with van der Waals surface area (Å²) >= 11 is 3.25. The van der Waals surface area contributed by atoms with Crippen molar-refractivity contribution in [1.29, 1.82) is 0 Å². The predicted octanol–water partition coefficient (Wildman–Crippen LogP) is 7.36. The van der Waals surface area contributed by atoms with Gasteiger partial charge in [-0.05, 0) is 98.4 Å². The van der Waals surface area contributed by atoms with E-state index in [0.717, 1.165) is 47.8 Å². The molecule has 0 saturated heterocycles. The van der Waals surface area contributed by atoms with Crippen molar-refractivity contribution in [1.82, 2.24) is 50.3 Å². The second-order valence-electron chi connectivity index (χ2n) is 13.3. The Hall–Kier alpha value is -3.32. The molecule has 2 aromatic carbocycles. The molecule has 0 bridgehead atoms. The molecule has 4 N–H and O–H groups in total. The standard InChI is InChI=1S/C18H27N5O2S.C14H20N6O2S.C3H7Br.2CH4/c1-3-11-23-21-18(20-22-23)17-13-16(26(24,25)19-2)10-9-15(17)12-14-7-5-4-6-8-14;1-15-23(21,22)11-7-8-13(16-10-5-3-2-4-6-10)12(9-11)14-17-19-20-18-14;1-2-3-4;;/h9-10,13-14,19H,3-8,11-12H2,1-2H3;7-10,15-16H,2-6H2,1H3,(H,17,18,19,20);2-3H2,1H3;2*1H4. The molecule has 4 aromatic rings. The number of anilines is 1. The zero-order chi connectivity index (χ0) is 38.3. The Bertz CT molecular complexity index is 1910. The Morgan fingerprint density at radius 2 is 1.36 bits per heavy atom. The van der Waals surface area contributed by atoms with Gasteiger partial charge in [0.25, 0.3) is 0 Å². The number of halogens is 1. The van der Waals surface area contributed by atoms with E-state index in [1.807, 2.05) is 6.07 Å². The molecule has 2 aliphatic rings. The summed E-state index contributed by atoms with van der Waals surface area (Å²) in [7, 11) is -4.24. The van der Waals surface area contributed by atoms with Gasteiger partial charge in [-0.2, -0.15) is 10.0 Å². The number of sulfonamides is 2. The Labute approximate surface area is 337 Å². The van der Waals surface area contributed by atoms with Crippen LogP contribution in [0.1, 0.15) is 111 Å². The van der Waals surface area contributed by atoms with Gasteiger partial charge in [0.1, 0.15) is 0 Å². The SMILES string of the molecule is C.C.CCCBr.CCCn1nnc(-c2cc(S(=O)(=O)NC)ccc2CC2CCCCC2)n1.CNS(=O)(=O)c1ccc(NC2CCCCC2)c(-c2nn[nH]n2)c1. The third-order valence-electron chi connectivity index (χ3n) is 9.32. The van der Waals surface area contributed by atoms with Gasteiger partial charge in [-0.3, -0.25) is 0 Å². The molecule has 0 amide bonds.